The van der Waals surface area contributed by atoms with Crippen molar-refractivity contribution in [2.45, 2.75) is 56.7 Å². The minimum Gasteiger partial charge on any atom is -0.493 e. The number of aromatic nitrogens is 5. The Morgan fingerprint density at radius 1 is 1.05 bits per heavy atom. The van der Waals surface area contributed by atoms with Crippen molar-refractivity contribution in [1.82, 2.24) is 29.5 Å². The Morgan fingerprint density at radius 2 is 1.79 bits per heavy atom. The van der Waals surface area contributed by atoms with Crippen LogP contribution in [0.5, 0.6) is 5.88 Å². The number of ether oxygens (including phenoxy) is 1. The standard InChI is InChI=1S/C24H31N9O5/c1-38-9-8-32(24(36)37)16-6-4-15(5-7-16)29-20-10-17(28-14-2-3-14)22-25-12-18(33(22)31-20)23(35)30-19-11-21(34)27-13-26-19/h10-16,28H,2-9H2,1H3,(H,29,31)(H,36,37)(H2,26,27,30,34,35)/t15-,16-. The number of fused-ring (bicyclic) bond motifs is 1. The fourth-order valence-electron chi connectivity index (χ4n) is 4.71. The van der Waals surface area contributed by atoms with Gasteiger partial charge in [0.05, 0.1) is 18.5 Å². The molecule has 0 bridgehead atoms. The Bertz CT molecular complexity index is 1300. The van der Waals surface area contributed by atoms with Crippen LogP contribution in [0.3, 0.4) is 0 Å². The van der Waals surface area contributed by atoms with Gasteiger partial charge in [-0.25, -0.2) is 24.3 Å². The van der Waals surface area contributed by atoms with Crippen LogP contribution in [-0.2, 0) is 4.74 Å². The average molecular weight is 526 g/mol. The molecule has 2 aliphatic rings. The maximum atomic E-state index is 13.0. The molecule has 5 N–H and O–H groups in total. The largest absolute Gasteiger partial charge is 0.493 e. The van der Waals surface area contributed by atoms with E-state index in [9.17, 15) is 19.8 Å². The lowest BCUT2D eigenvalue weighted by Gasteiger charge is -2.35. The first-order valence-electron chi connectivity index (χ1n) is 12.6. The molecule has 0 aromatic carbocycles. The summed E-state index contributed by atoms with van der Waals surface area (Å²) in [6, 6.07) is 3.57. The van der Waals surface area contributed by atoms with E-state index in [-0.39, 0.29) is 29.5 Å². The van der Waals surface area contributed by atoms with Crippen molar-refractivity contribution >= 4 is 35.0 Å². The van der Waals surface area contributed by atoms with Gasteiger partial charge in [-0.05, 0) is 38.5 Å². The van der Waals surface area contributed by atoms with E-state index in [0.29, 0.717) is 30.7 Å². The third-order valence-corrected chi connectivity index (χ3v) is 6.80. The van der Waals surface area contributed by atoms with Crippen molar-refractivity contribution in [3.8, 4) is 5.88 Å². The number of imidazole rings is 1. The summed E-state index contributed by atoms with van der Waals surface area (Å²) in [5.74, 6) is 0.00263. The van der Waals surface area contributed by atoms with Gasteiger partial charge in [-0.1, -0.05) is 0 Å². The zero-order chi connectivity index (χ0) is 26.6. The number of methoxy groups -OCH3 is 1. The first kappa shape index (κ1) is 25.4. The second-order valence-corrected chi connectivity index (χ2v) is 9.57. The van der Waals surface area contributed by atoms with Crippen molar-refractivity contribution in [1.29, 1.82) is 0 Å². The monoisotopic (exact) mass is 525 g/mol. The van der Waals surface area contributed by atoms with E-state index in [2.05, 4.69) is 36.0 Å². The van der Waals surface area contributed by atoms with Crippen LogP contribution >= 0.6 is 0 Å². The number of nitrogens with one attached hydrogen (secondary N) is 3. The summed E-state index contributed by atoms with van der Waals surface area (Å²) in [6.45, 7) is 0.716. The minimum atomic E-state index is -0.926. The molecular weight excluding hydrogens is 494 g/mol. The summed E-state index contributed by atoms with van der Waals surface area (Å²) in [5.41, 5.74) is 1.51. The molecule has 2 saturated carbocycles. The van der Waals surface area contributed by atoms with E-state index in [1.807, 2.05) is 6.07 Å². The molecule has 0 aliphatic heterocycles. The lowest BCUT2D eigenvalue weighted by Crippen LogP contribution is -2.44. The predicted molar refractivity (Wildman–Crippen MR) is 138 cm³/mol. The Balaban J connectivity index is 1.33. The second kappa shape index (κ2) is 11.0. The Hall–Kier alpha value is -4.20. The fraction of sp³-hybridized carbons (Fsp3) is 0.500. The molecule has 0 atom stereocenters. The van der Waals surface area contributed by atoms with Crippen LogP contribution < -0.4 is 16.0 Å². The highest BCUT2D eigenvalue weighted by molar-refractivity contribution is 6.03. The number of rotatable bonds is 10. The Kier molecular flexibility index (Phi) is 7.40. The molecule has 2 aliphatic carbocycles. The highest BCUT2D eigenvalue weighted by Crippen LogP contribution is 2.30. The van der Waals surface area contributed by atoms with Gasteiger partial charge in [-0.3, -0.25) is 4.79 Å². The van der Waals surface area contributed by atoms with Crippen LogP contribution in [0.15, 0.2) is 24.7 Å². The number of carboxylic acid groups (broad SMARTS) is 1. The van der Waals surface area contributed by atoms with Crippen LogP contribution in [0.2, 0.25) is 0 Å². The summed E-state index contributed by atoms with van der Waals surface area (Å²) >= 11 is 0. The number of carbonyl (C=O) groups excluding carboxylic acids is 1. The molecule has 5 rings (SSSR count). The first-order chi connectivity index (χ1) is 18.4. The summed E-state index contributed by atoms with van der Waals surface area (Å²) in [7, 11) is 1.56. The number of hydrogen-bond acceptors (Lipinski definition) is 10. The normalized spacial score (nSPS) is 19.2. The Labute approximate surface area is 218 Å². The van der Waals surface area contributed by atoms with Crippen LogP contribution in [0, 0.1) is 0 Å². The molecule has 2 fully saturated rings. The smallest absolute Gasteiger partial charge is 0.407 e. The number of carbonyl (C=O) groups is 2. The van der Waals surface area contributed by atoms with Gasteiger partial charge in [0, 0.05) is 43.9 Å². The van der Waals surface area contributed by atoms with E-state index < -0.39 is 12.0 Å². The number of anilines is 3. The average Bonchev–Trinajstić information content (AvgIpc) is 3.60. The quantitative estimate of drug-likeness (QED) is 0.262. The van der Waals surface area contributed by atoms with E-state index in [4.69, 9.17) is 4.74 Å². The van der Waals surface area contributed by atoms with Crippen molar-refractivity contribution in [3.63, 3.8) is 0 Å². The number of amides is 2. The molecule has 14 nitrogen and oxygen atoms in total. The van der Waals surface area contributed by atoms with Crippen LogP contribution in [0.25, 0.3) is 5.65 Å². The van der Waals surface area contributed by atoms with Crippen LogP contribution in [0.4, 0.5) is 22.1 Å². The molecule has 3 aromatic heterocycles. The lowest BCUT2D eigenvalue weighted by atomic mass is 9.90. The molecule has 14 heteroatoms. The van der Waals surface area contributed by atoms with Crippen molar-refractivity contribution in [3.05, 3.63) is 30.4 Å². The molecular formula is C24H31N9O5. The van der Waals surface area contributed by atoms with Crippen LogP contribution in [0.1, 0.15) is 49.0 Å². The van der Waals surface area contributed by atoms with Crippen molar-refractivity contribution in [2.75, 3.05) is 36.2 Å². The van der Waals surface area contributed by atoms with Crippen molar-refractivity contribution < 1.29 is 24.5 Å². The molecule has 0 saturated heterocycles. The SMILES string of the molecule is COCCN(C(=O)O)[C@H]1CC[C@H](Nc2cc(NC3CC3)c3ncc(C(=O)Nc4cc(O)ncn4)n3n2)CC1. The van der Waals surface area contributed by atoms with Gasteiger partial charge in [0.1, 0.15) is 18.0 Å². The molecule has 202 valence electrons. The van der Waals surface area contributed by atoms with Crippen molar-refractivity contribution in [2.24, 2.45) is 0 Å². The summed E-state index contributed by atoms with van der Waals surface area (Å²) in [4.78, 5) is 38.2. The number of aromatic hydroxyl groups is 1. The van der Waals surface area contributed by atoms with Gasteiger partial charge < -0.3 is 35.8 Å². The van der Waals surface area contributed by atoms with Gasteiger partial charge in [0.15, 0.2) is 11.3 Å². The molecule has 3 aromatic rings. The highest BCUT2D eigenvalue weighted by atomic mass is 16.5. The molecule has 2 amide bonds. The summed E-state index contributed by atoms with van der Waals surface area (Å²) in [5, 5.41) is 33.4. The number of nitrogens with zero attached hydrogens (tertiary/aromatic N) is 6. The van der Waals surface area contributed by atoms with Gasteiger partial charge >= 0.3 is 6.09 Å². The third kappa shape index (κ3) is 5.85. The van der Waals surface area contributed by atoms with E-state index in [0.717, 1.165) is 50.5 Å². The zero-order valence-electron chi connectivity index (χ0n) is 21.0. The molecule has 3 heterocycles. The zero-order valence-corrected chi connectivity index (χ0v) is 21.0. The van der Waals surface area contributed by atoms with Gasteiger partial charge in [0.2, 0.25) is 5.88 Å². The maximum absolute atomic E-state index is 13.0. The summed E-state index contributed by atoms with van der Waals surface area (Å²) in [6.07, 6.45) is 6.82. The fourth-order valence-corrected chi connectivity index (χ4v) is 4.71. The van der Waals surface area contributed by atoms with E-state index in [1.54, 1.807) is 7.11 Å². The lowest BCUT2D eigenvalue weighted by molar-refractivity contribution is 0.0854. The van der Waals surface area contributed by atoms with E-state index >= 15 is 0 Å². The van der Waals surface area contributed by atoms with Gasteiger partial charge in [-0.15, -0.1) is 5.10 Å². The Morgan fingerprint density at radius 3 is 2.47 bits per heavy atom. The molecule has 0 radical (unpaired) electrons. The van der Waals surface area contributed by atoms with Crippen LogP contribution in [-0.4, -0.2) is 90.1 Å². The third-order valence-electron chi connectivity index (χ3n) is 6.80. The van der Waals surface area contributed by atoms with Gasteiger partial charge in [-0.2, -0.15) is 0 Å². The first-order valence-corrected chi connectivity index (χ1v) is 12.6. The molecule has 0 unspecified atom stereocenters. The molecule has 0 spiro atoms. The predicted octanol–water partition coefficient (Wildman–Crippen LogP) is 2.40. The topological polar surface area (TPSA) is 179 Å². The van der Waals surface area contributed by atoms with Gasteiger partial charge in [0.25, 0.3) is 5.91 Å². The van der Waals surface area contributed by atoms with E-state index in [1.165, 1.54) is 21.7 Å². The highest BCUT2D eigenvalue weighted by Gasteiger charge is 2.29. The number of hydrogen-bond donors (Lipinski definition) is 5. The summed E-state index contributed by atoms with van der Waals surface area (Å²) < 4.78 is 6.56. The minimum absolute atomic E-state index is 0.0478. The second-order valence-electron chi connectivity index (χ2n) is 9.57. The maximum Gasteiger partial charge on any atom is 0.407 e. The molecule has 38 heavy (non-hydrogen) atoms.